The summed E-state index contributed by atoms with van der Waals surface area (Å²) in [6.07, 6.45) is -2.96. The molecule has 1 fully saturated rings. The Morgan fingerprint density at radius 3 is 2.57 bits per heavy atom. The Labute approximate surface area is 172 Å². The van der Waals surface area contributed by atoms with Gasteiger partial charge in [0.05, 0.1) is 6.54 Å². The second-order valence-electron chi connectivity index (χ2n) is 8.32. The standard InChI is InChI=1S/C20H25F3N6O/c1-12(2)9-13-3-5-14(6-4-13)15-10-16(25-24-15)18(30)28-7-8-29-17(11-28)26-27-19(29)20(21,22)23/h3-6,12,15-16,24-25H,7-11H2,1-2H3. The van der Waals surface area contributed by atoms with Crippen LogP contribution in [0.25, 0.3) is 0 Å². The van der Waals surface area contributed by atoms with Crippen LogP contribution in [0.2, 0.25) is 0 Å². The van der Waals surface area contributed by atoms with Gasteiger partial charge in [-0.2, -0.15) is 13.2 Å². The number of rotatable bonds is 4. The minimum absolute atomic E-state index is 0.00248. The first-order valence-corrected chi connectivity index (χ1v) is 10.1. The van der Waals surface area contributed by atoms with Crippen molar-refractivity contribution in [3.63, 3.8) is 0 Å². The number of fused-ring (bicyclic) bond motifs is 1. The number of hydrogen-bond acceptors (Lipinski definition) is 5. The van der Waals surface area contributed by atoms with E-state index in [0.717, 1.165) is 16.6 Å². The molecule has 30 heavy (non-hydrogen) atoms. The normalized spacial score (nSPS) is 21.9. The van der Waals surface area contributed by atoms with Crippen molar-refractivity contribution in [1.82, 2.24) is 30.5 Å². The monoisotopic (exact) mass is 422 g/mol. The summed E-state index contributed by atoms with van der Waals surface area (Å²) in [5.41, 5.74) is 8.58. The molecular weight excluding hydrogens is 397 g/mol. The Balaban J connectivity index is 1.38. The quantitative estimate of drug-likeness (QED) is 0.792. The fourth-order valence-corrected chi connectivity index (χ4v) is 4.07. The van der Waals surface area contributed by atoms with Crippen LogP contribution in [0.5, 0.6) is 0 Å². The molecule has 1 amide bonds. The Kier molecular flexibility index (Phi) is 5.54. The van der Waals surface area contributed by atoms with E-state index in [1.54, 1.807) is 0 Å². The Hall–Kier alpha value is -2.46. The van der Waals surface area contributed by atoms with Gasteiger partial charge in [0.1, 0.15) is 6.04 Å². The SMILES string of the molecule is CC(C)Cc1ccc(C2CC(C(=O)N3CCn4c(nnc4C(F)(F)F)C3)NN2)cc1. The number of carbonyl (C=O) groups excluding carboxylic acids is 1. The smallest absolute Gasteiger partial charge is 0.332 e. The minimum Gasteiger partial charge on any atom is -0.332 e. The molecule has 0 radical (unpaired) electrons. The molecule has 0 saturated carbocycles. The van der Waals surface area contributed by atoms with Crippen molar-refractivity contribution in [3.05, 3.63) is 47.0 Å². The lowest BCUT2D eigenvalue weighted by atomic mass is 9.97. The van der Waals surface area contributed by atoms with Gasteiger partial charge in [0.25, 0.3) is 0 Å². The van der Waals surface area contributed by atoms with Crippen LogP contribution >= 0.6 is 0 Å². The molecule has 0 aliphatic carbocycles. The molecule has 1 aromatic heterocycles. The van der Waals surface area contributed by atoms with Crippen LogP contribution in [0.1, 0.15) is 49.1 Å². The number of carbonyl (C=O) groups is 1. The minimum atomic E-state index is -4.55. The molecule has 162 valence electrons. The van der Waals surface area contributed by atoms with Crippen molar-refractivity contribution >= 4 is 5.91 Å². The van der Waals surface area contributed by atoms with Gasteiger partial charge in [0.15, 0.2) is 5.82 Å². The Morgan fingerprint density at radius 1 is 1.17 bits per heavy atom. The summed E-state index contributed by atoms with van der Waals surface area (Å²) >= 11 is 0. The van der Waals surface area contributed by atoms with Crippen molar-refractivity contribution < 1.29 is 18.0 Å². The van der Waals surface area contributed by atoms with E-state index in [1.165, 1.54) is 10.5 Å². The number of halogens is 3. The van der Waals surface area contributed by atoms with Crippen molar-refractivity contribution in [1.29, 1.82) is 0 Å². The molecular formula is C20H25F3N6O. The highest BCUT2D eigenvalue weighted by atomic mass is 19.4. The summed E-state index contributed by atoms with van der Waals surface area (Å²) in [5, 5.41) is 6.90. The van der Waals surface area contributed by atoms with Gasteiger partial charge >= 0.3 is 6.18 Å². The number of alkyl halides is 3. The largest absolute Gasteiger partial charge is 0.451 e. The second-order valence-corrected chi connectivity index (χ2v) is 8.32. The lowest BCUT2D eigenvalue weighted by Gasteiger charge is -2.29. The average molecular weight is 422 g/mol. The van der Waals surface area contributed by atoms with Crippen molar-refractivity contribution in [2.24, 2.45) is 5.92 Å². The fourth-order valence-electron chi connectivity index (χ4n) is 4.07. The first-order chi connectivity index (χ1) is 14.2. The molecule has 0 bridgehead atoms. The second kappa shape index (κ2) is 7.99. The lowest BCUT2D eigenvalue weighted by Crippen LogP contribution is -2.48. The number of nitrogens with zero attached hydrogens (tertiary/aromatic N) is 4. The molecule has 7 nitrogen and oxygen atoms in total. The fraction of sp³-hybridized carbons (Fsp3) is 0.550. The Bertz CT molecular complexity index is 908. The molecule has 2 atom stereocenters. The molecule has 1 saturated heterocycles. The molecule has 0 spiro atoms. The molecule has 2 N–H and O–H groups in total. The van der Waals surface area contributed by atoms with E-state index in [9.17, 15) is 18.0 Å². The van der Waals surface area contributed by atoms with Gasteiger partial charge in [-0.05, 0) is 29.9 Å². The zero-order valence-corrected chi connectivity index (χ0v) is 16.9. The summed E-state index contributed by atoms with van der Waals surface area (Å²) in [6, 6.07) is 7.93. The van der Waals surface area contributed by atoms with Crippen LogP contribution in [-0.4, -0.2) is 38.2 Å². The highest BCUT2D eigenvalue weighted by Gasteiger charge is 2.41. The summed E-state index contributed by atoms with van der Waals surface area (Å²) in [5.74, 6) is -0.410. The van der Waals surface area contributed by atoms with Gasteiger partial charge < -0.3 is 9.47 Å². The molecule has 2 unspecified atom stereocenters. The van der Waals surface area contributed by atoms with E-state index >= 15 is 0 Å². The predicted molar refractivity (Wildman–Crippen MR) is 103 cm³/mol. The summed E-state index contributed by atoms with van der Waals surface area (Å²) in [7, 11) is 0. The maximum absolute atomic E-state index is 13.0. The van der Waals surface area contributed by atoms with Gasteiger partial charge in [-0.25, -0.2) is 10.9 Å². The van der Waals surface area contributed by atoms with E-state index in [4.69, 9.17) is 0 Å². The van der Waals surface area contributed by atoms with E-state index in [1.807, 2.05) is 0 Å². The van der Waals surface area contributed by atoms with E-state index in [2.05, 4.69) is 59.2 Å². The lowest BCUT2D eigenvalue weighted by molar-refractivity contribution is -0.148. The first kappa shape index (κ1) is 20.8. The van der Waals surface area contributed by atoms with E-state index in [0.29, 0.717) is 12.3 Å². The van der Waals surface area contributed by atoms with Gasteiger partial charge in [0, 0.05) is 19.1 Å². The molecule has 2 aliphatic heterocycles. The van der Waals surface area contributed by atoms with E-state index in [-0.39, 0.29) is 37.4 Å². The molecule has 3 heterocycles. The van der Waals surface area contributed by atoms with Crippen LogP contribution in [0.15, 0.2) is 24.3 Å². The predicted octanol–water partition coefficient (Wildman–Crippen LogP) is 2.45. The summed E-state index contributed by atoms with van der Waals surface area (Å²) in [4.78, 5) is 14.4. The first-order valence-electron chi connectivity index (χ1n) is 10.1. The van der Waals surface area contributed by atoms with Gasteiger partial charge in [-0.15, -0.1) is 10.2 Å². The highest BCUT2D eigenvalue weighted by molar-refractivity contribution is 5.82. The van der Waals surface area contributed by atoms with E-state index < -0.39 is 18.0 Å². The number of hydrogen-bond donors (Lipinski definition) is 2. The molecule has 1 aromatic carbocycles. The highest BCUT2D eigenvalue weighted by Crippen LogP contribution is 2.30. The van der Waals surface area contributed by atoms with Crippen LogP contribution in [0.3, 0.4) is 0 Å². The number of aromatic nitrogens is 3. The van der Waals surface area contributed by atoms with Crippen molar-refractivity contribution in [3.8, 4) is 0 Å². The van der Waals surface area contributed by atoms with Crippen molar-refractivity contribution in [2.45, 2.75) is 58.0 Å². The third-order valence-electron chi connectivity index (χ3n) is 5.55. The summed E-state index contributed by atoms with van der Waals surface area (Å²) in [6.45, 7) is 4.61. The zero-order chi connectivity index (χ0) is 21.5. The number of benzene rings is 1. The number of hydrazine groups is 1. The molecule has 2 aromatic rings. The van der Waals surface area contributed by atoms with Crippen LogP contribution in [0, 0.1) is 5.92 Å². The van der Waals surface area contributed by atoms with Crippen molar-refractivity contribution in [2.75, 3.05) is 6.54 Å². The third-order valence-corrected chi connectivity index (χ3v) is 5.55. The number of amides is 1. The maximum Gasteiger partial charge on any atom is 0.451 e. The van der Waals surface area contributed by atoms with Crippen LogP contribution in [-0.2, 0) is 30.5 Å². The molecule has 4 rings (SSSR count). The average Bonchev–Trinajstić information content (AvgIpc) is 3.34. The molecule has 2 aliphatic rings. The maximum atomic E-state index is 13.0. The van der Waals surface area contributed by atoms with Crippen LogP contribution in [0.4, 0.5) is 13.2 Å². The Morgan fingerprint density at radius 2 is 1.90 bits per heavy atom. The molecule has 10 heteroatoms. The van der Waals surface area contributed by atoms with Crippen LogP contribution < -0.4 is 10.9 Å². The summed E-state index contributed by atoms with van der Waals surface area (Å²) < 4.78 is 40.0. The van der Waals surface area contributed by atoms with Gasteiger partial charge in [-0.3, -0.25) is 4.79 Å². The zero-order valence-electron chi connectivity index (χ0n) is 16.9. The number of nitrogens with one attached hydrogen (secondary N) is 2. The topological polar surface area (TPSA) is 75.1 Å². The van der Waals surface area contributed by atoms with Gasteiger partial charge in [0.2, 0.25) is 11.7 Å². The van der Waals surface area contributed by atoms with Gasteiger partial charge in [-0.1, -0.05) is 38.1 Å². The third kappa shape index (κ3) is 4.20.